The fourth-order valence-corrected chi connectivity index (χ4v) is 3.70. The zero-order valence-corrected chi connectivity index (χ0v) is 14.6. The van der Waals surface area contributed by atoms with E-state index in [0.29, 0.717) is 17.5 Å². The lowest BCUT2D eigenvalue weighted by atomic mass is 9.97. The lowest BCUT2D eigenvalue weighted by Crippen LogP contribution is -2.39. The average molecular weight is 329 g/mol. The summed E-state index contributed by atoms with van der Waals surface area (Å²) in [7, 11) is 0. The highest BCUT2D eigenvalue weighted by molar-refractivity contribution is 5.81. The first-order valence-corrected chi connectivity index (χ1v) is 9.00. The van der Waals surface area contributed by atoms with E-state index in [-0.39, 0.29) is 12.2 Å². The molecule has 1 N–H and O–H groups in total. The van der Waals surface area contributed by atoms with Crippen LogP contribution in [0.5, 0.6) is 0 Å². The van der Waals surface area contributed by atoms with Crippen molar-refractivity contribution in [3.8, 4) is 0 Å². The van der Waals surface area contributed by atoms with Gasteiger partial charge in [0.25, 0.3) is 0 Å². The Kier molecular flexibility index (Phi) is 5.36. The fourth-order valence-electron chi connectivity index (χ4n) is 3.70. The molecule has 4 nitrogen and oxygen atoms in total. The van der Waals surface area contributed by atoms with Gasteiger partial charge in [0, 0.05) is 30.6 Å². The normalized spacial score (nSPS) is 19.2. The van der Waals surface area contributed by atoms with Crippen LogP contribution in [0.4, 0.5) is 0 Å². The molecule has 130 valence electrons. The van der Waals surface area contributed by atoms with Crippen LogP contribution in [0.15, 0.2) is 33.5 Å². The first-order chi connectivity index (χ1) is 11.6. The molecule has 0 spiro atoms. The van der Waals surface area contributed by atoms with E-state index in [1.54, 1.807) is 6.07 Å². The highest BCUT2D eigenvalue weighted by Crippen LogP contribution is 2.27. The lowest BCUT2D eigenvalue weighted by molar-refractivity contribution is 0.113. The van der Waals surface area contributed by atoms with E-state index in [4.69, 9.17) is 4.42 Å². The number of fused-ring (bicyclic) bond motifs is 1. The Morgan fingerprint density at radius 3 is 2.88 bits per heavy atom. The maximum Gasteiger partial charge on any atom is 0.336 e. The molecule has 1 atom stereocenters. The summed E-state index contributed by atoms with van der Waals surface area (Å²) in [5.74, 6) is 0.436. The second kappa shape index (κ2) is 7.49. The van der Waals surface area contributed by atoms with E-state index in [2.05, 4.69) is 24.8 Å². The summed E-state index contributed by atoms with van der Waals surface area (Å²) in [5, 5.41) is 10.4. The van der Waals surface area contributed by atoms with Gasteiger partial charge in [-0.3, -0.25) is 4.90 Å². The number of nitrogens with zero attached hydrogens (tertiary/aromatic N) is 1. The highest BCUT2D eigenvalue weighted by Gasteiger charge is 2.23. The fraction of sp³-hybridized carbons (Fsp3) is 0.550. The molecule has 1 saturated heterocycles. The molecule has 3 rings (SSSR count). The maximum atomic E-state index is 11.9. The van der Waals surface area contributed by atoms with Gasteiger partial charge in [0.2, 0.25) is 0 Å². The highest BCUT2D eigenvalue weighted by atomic mass is 16.4. The zero-order chi connectivity index (χ0) is 17.1. The van der Waals surface area contributed by atoms with Gasteiger partial charge >= 0.3 is 5.63 Å². The van der Waals surface area contributed by atoms with E-state index in [1.165, 1.54) is 18.4 Å². The Morgan fingerprint density at radius 1 is 1.29 bits per heavy atom. The van der Waals surface area contributed by atoms with Crippen molar-refractivity contribution in [2.45, 2.75) is 58.0 Å². The number of hydrogen-bond donors (Lipinski definition) is 1. The molecular formula is C20H27NO3. The summed E-state index contributed by atoms with van der Waals surface area (Å²) >= 11 is 0. The molecule has 4 heteroatoms. The topological polar surface area (TPSA) is 53.7 Å². The van der Waals surface area contributed by atoms with Crippen LogP contribution in [0.1, 0.15) is 56.6 Å². The van der Waals surface area contributed by atoms with Crippen LogP contribution in [-0.2, 0) is 6.54 Å². The first-order valence-electron chi connectivity index (χ1n) is 9.00. The molecule has 1 aromatic carbocycles. The molecular weight excluding hydrogens is 302 g/mol. The van der Waals surface area contributed by atoms with Crippen LogP contribution in [0.3, 0.4) is 0 Å². The van der Waals surface area contributed by atoms with Crippen molar-refractivity contribution in [3.05, 3.63) is 45.8 Å². The molecule has 24 heavy (non-hydrogen) atoms. The summed E-state index contributed by atoms with van der Waals surface area (Å²) in [5.41, 5.74) is 2.67. The Bertz CT molecular complexity index is 748. The van der Waals surface area contributed by atoms with Crippen LogP contribution in [0.25, 0.3) is 11.0 Å². The summed E-state index contributed by atoms with van der Waals surface area (Å²) in [6, 6.07) is 8.14. The Balaban J connectivity index is 1.97. The van der Waals surface area contributed by atoms with Crippen LogP contribution < -0.4 is 5.63 Å². The average Bonchev–Trinajstić information content (AvgIpc) is 2.56. The number of rotatable bonds is 5. The Labute approximate surface area is 143 Å². The SMILES string of the molecule is CC(C)c1ccc2oc(=O)cc(CN3CCCC[C@H]3CCO)c2c1. The van der Waals surface area contributed by atoms with Gasteiger partial charge in [-0.25, -0.2) is 4.79 Å². The second-order valence-corrected chi connectivity index (χ2v) is 7.13. The number of piperidine rings is 1. The van der Waals surface area contributed by atoms with Crippen molar-refractivity contribution in [1.29, 1.82) is 0 Å². The van der Waals surface area contributed by atoms with Crippen molar-refractivity contribution in [2.75, 3.05) is 13.2 Å². The minimum Gasteiger partial charge on any atom is -0.423 e. The number of benzene rings is 1. The van der Waals surface area contributed by atoms with Gasteiger partial charge in [-0.05, 0) is 55.0 Å². The lowest BCUT2D eigenvalue weighted by Gasteiger charge is -2.35. The molecule has 0 unspecified atom stereocenters. The molecule has 1 aliphatic heterocycles. The quantitative estimate of drug-likeness (QED) is 0.851. The smallest absolute Gasteiger partial charge is 0.336 e. The number of hydrogen-bond acceptors (Lipinski definition) is 4. The Morgan fingerprint density at radius 2 is 2.12 bits per heavy atom. The van der Waals surface area contributed by atoms with Crippen molar-refractivity contribution in [3.63, 3.8) is 0 Å². The molecule has 1 aliphatic rings. The summed E-state index contributed by atoms with van der Waals surface area (Å²) in [4.78, 5) is 14.4. The third-order valence-electron chi connectivity index (χ3n) is 5.10. The van der Waals surface area contributed by atoms with Gasteiger partial charge in [0.15, 0.2) is 0 Å². The molecule has 1 aromatic heterocycles. The van der Waals surface area contributed by atoms with Crippen LogP contribution in [0.2, 0.25) is 0 Å². The van der Waals surface area contributed by atoms with Crippen LogP contribution in [-0.4, -0.2) is 29.2 Å². The summed E-state index contributed by atoms with van der Waals surface area (Å²) < 4.78 is 5.39. The summed E-state index contributed by atoms with van der Waals surface area (Å²) in [6.07, 6.45) is 4.32. The molecule has 0 saturated carbocycles. The number of aliphatic hydroxyl groups is 1. The van der Waals surface area contributed by atoms with Crippen molar-refractivity contribution in [2.24, 2.45) is 0 Å². The summed E-state index contributed by atoms with van der Waals surface area (Å²) in [6.45, 7) is 6.32. The Hall–Kier alpha value is -1.65. The molecule has 0 amide bonds. The van der Waals surface area contributed by atoms with Gasteiger partial charge < -0.3 is 9.52 Å². The third kappa shape index (κ3) is 3.70. The predicted octanol–water partition coefficient (Wildman–Crippen LogP) is 3.65. The van der Waals surface area contributed by atoms with Gasteiger partial charge in [-0.2, -0.15) is 0 Å². The van der Waals surface area contributed by atoms with Crippen molar-refractivity contribution < 1.29 is 9.52 Å². The van der Waals surface area contributed by atoms with Crippen molar-refractivity contribution >= 4 is 11.0 Å². The maximum absolute atomic E-state index is 11.9. The minimum atomic E-state index is -0.287. The van der Waals surface area contributed by atoms with Gasteiger partial charge in [-0.1, -0.05) is 26.3 Å². The first kappa shape index (κ1) is 17.2. The van der Waals surface area contributed by atoms with Crippen molar-refractivity contribution in [1.82, 2.24) is 4.90 Å². The number of aliphatic hydroxyl groups excluding tert-OH is 1. The third-order valence-corrected chi connectivity index (χ3v) is 5.10. The number of likely N-dealkylation sites (tertiary alicyclic amines) is 1. The largest absolute Gasteiger partial charge is 0.423 e. The molecule has 0 radical (unpaired) electrons. The van der Waals surface area contributed by atoms with Gasteiger partial charge in [0.05, 0.1) is 0 Å². The molecule has 0 bridgehead atoms. The van der Waals surface area contributed by atoms with E-state index < -0.39 is 0 Å². The molecule has 2 aromatic rings. The molecule has 1 fully saturated rings. The van der Waals surface area contributed by atoms with E-state index >= 15 is 0 Å². The monoisotopic (exact) mass is 329 g/mol. The molecule has 2 heterocycles. The van der Waals surface area contributed by atoms with E-state index in [0.717, 1.165) is 36.9 Å². The molecule has 0 aliphatic carbocycles. The van der Waals surface area contributed by atoms with Gasteiger partial charge in [-0.15, -0.1) is 0 Å². The second-order valence-electron chi connectivity index (χ2n) is 7.13. The van der Waals surface area contributed by atoms with Gasteiger partial charge in [0.1, 0.15) is 5.58 Å². The zero-order valence-electron chi connectivity index (χ0n) is 14.6. The van der Waals surface area contributed by atoms with Crippen LogP contribution >= 0.6 is 0 Å². The predicted molar refractivity (Wildman–Crippen MR) is 96.3 cm³/mol. The standard InChI is InChI=1S/C20H27NO3/c1-14(2)15-6-7-19-18(11-15)16(12-20(23)24-19)13-21-9-4-3-5-17(21)8-10-22/h6-7,11-12,14,17,22H,3-5,8-10,13H2,1-2H3/t17-/m0/s1. The van der Waals surface area contributed by atoms with E-state index in [1.807, 2.05) is 12.1 Å². The van der Waals surface area contributed by atoms with E-state index in [9.17, 15) is 9.90 Å². The minimum absolute atomic E-state index is 0.219. The van der Waals surface area contributed by atoms with Crippen LogP contribution in [0, 0.1) is 0 Å².